The molecule has 166 valence electrons. The van der Waals surface area contributed by atoms with Crippen LogP contribution in [0.5, 0.6) is 11.5 Å². The van der Waals surface area contributed by atoms with Gasteiger partial charge in [-0.1, -0.05) is 6.07 Å². The molecule has 0 saturated carbocycles. The standard InChI is InChI=1S/C22H27N3O5S/c1-14-13-31-22(23-14)24(2)21(27)11-25-10-16(9-20(25)26)15-4-5-18(28-3)19(8-15)30-17-6-7-29-12-17/h4-5,8,13,16-17H,6-7,9-12H2,1-3H3/t16-,17-/m1/s1. The summed E-state index contributed by atoms with van der Waals surface area (Å²) in [6.07, 6.45) is 1.22. The molecule has 2 fully saturated rings. The van der Waals surface area contributed by atoms with Crippen LogP contribution in [-0.2, 0) is 14.3 Å². The molecule has 8 nitrogen and oxygen atoms in total. The number of amides is 2. The van der Waals surface area contributed by atoms with E-state index in [1.807, 2.05) is 30.5 Å². The Hall–Kier alpha value is -2.65. The molecule has 0 radical (unpaired) electrons. The first-order valence-corrected chi connectivity index (χ1v) is 11.2. The molecule has 2 aromatic rings. The lowest BCUT2D eigenvalue weighted by atomic mass is 9.98. The van der Waals surface area contributed by atoms with Crippen molar-refractivity contribution in [3.05, 3.63) is 34.8 Å². The summed E-state index contributed by atoms with van der Waals surface area (Å²) < 4.78 is 16.9. The molecule has 4 rings (SSSR count). The minimum atomic E-state index is -0.150. The zero-order valence-corrected chi connectivity index (χ0v) is 18.8. The summed E-state index contributed by atoms with van der Waals surface area (Å²) in [5.41, 5.74) is 1.88. The summed E-state index contributed by atoms with van der Waals surface area (Å²) in [6.45, 7) is 3.69. The number of carbonyl (C=O) groups is 2. The highest BCUT2D eigenvalue weighted by Gasteiger charge is 2.33. The summed E-state index contributed by atoms with van der Waals surface area (Å²) in [6, 6.07) is 5.78. The predicted molar refractivity (Wildman–Crippen MR) is 117 cm³/mol. The summed E-state index contributed by atoms with van der Waals surface area (Å²) in [5, 5.41) is 2.54. The molecule has 0 bridgehead atoms. The van der Waals surface area contributed by atoms with E-state index in [2.05, 4.69) is 4.98 Å². The van der Waals surface area contributed by atoms with Crippen LogP contribution in [0.1, 0.15) is 30.0 Å². The van der Waals surface area contributed by atoms with E-state index in [-0.39, 0.29) is 30.4 Å². The monoisotopic (exact) mass is 445 g/mol. The number of hydrogen-bond acceptors (Lipinski definition) is 7. The van der Waals surface area contributed by atoms with Gasteiger partial charge in [-0.3, -0.25) is 14.5 Å². The lowest BCUT2D eigenvalue weighted by Gasteiger charge is -2.21. The van der Waals surface area contributed by atoms with Crippen LogP contribution < -0.4 is 14.4 Å². The van der Waals surface area contributed by atoms with E-state index in [4.69, 9.17) is 14.2 Å². The Balaban J connectivity index is 1.43. The smallest absolute Gasteiger partial charge is 0.248 e. The van der Waals surface area contributed by atoms with Crippen molar-refractivity contribution in [1.29, 1.82) is 0 Å². The van der Waals surface area contributed by atoms with Crippen molar-refractivity contribution >= 4 is 28.3 Å². The number of methoxy groups -OCH3 is 1. The van der Waals surface area contributed by atoms with E-state index in [0.717, 1.165) is 17.7 Å². The van der Waals surface area contributed by atoms with Gasteiger partial charge in [0.2, 0.25) is 11.8 Å². The second-order valence-electron chi connectivity index (χ2n) is 7.91. The van der Waals surface area contributed by atoms with Gasteiger partial charge >= 0.3 is 0 Å². The topological polar surface area (TPSA) is 81.2 Å². The number of anilines is 1. The van der Waals surface area contributed by atoms with Crippen LogP contribution in [0.25, 0.3) is 0 Å². The van der Waals surface area contributed by atoms with Gasteiger partial charge in [-0.25, -0.2) is 4.98 Å². The molecule has 31 heavy (non-hydrogen) atoms. The molecule has 9 heteroatoms. The Morgan fingerprint density at radius 2 is 2.23 bits per heavy atom. The number of ether oxygens (including phenoxy) is 3. The van der Waals surface area contributed by atoms with Gasteiger partial charge in [-0.15, -0.1) is 11.3 Å². The molecule has 0 N–H and O–H groups in total. The van der Waals surface area contributed by atoms with Crippen LogP contribution in [0, 0.1) is 6.92 Å². The molecule has 2 saturated heterocycles. The third kappa shape index (κ3) is 4.83. The van der Waals surface area contributed by atoms with Crippen LogP contribution in [0.4, 0.5) is 5.13 Å². The summed E-state index contributed by atoms with van der Waals surface area (Å²) in [5.74, 6) is 1.15. The third-order valence-corrected chi connectivity index (χ3v) is 6.68. The van der Waals surface area contributed by atoms with Crippen molar-refractivity contribution in [2.75, 3.05) is 45.4 Å². The fourth-order valence-electron chi connectivity index (χ4n) is 3.84. The van der Waals surface area contributed by atoms with Gasteiger partial charge < -0.3 is 19.1 Å². The van der Waals surface area contributed by atoms with E-state index < -0.39 is 0 Å². The molecule has 0 spiro atoms. The number of likely N-dealkylation sites (N-methyl/N-ethyl adjacent to an activating group) is 1. The second kappa shape index (κ2) is 9.23. The van der Waals surface area contributed by atoms with Crippen molar-refractivity contribution in [3.63, 3.8) is 0 Å². The molecule has 0 aliphatic carbocycles. The molecule has 2 aliphatic rings. The fourth-order valence-corrected chi connectivity index (χ4v) is 4.63. The van der Waals surface area contributed by atoms with E-state index in [9.17, 15) is 9.59 Å². The Morgan fingerprint density at radius 3 is 2.90 bits per heavy atom. The van der Waals surface area contributed by atoms with Crippen molar-refractivity contribution in [2.45, 2.75) is 31.8 Å². The summed E-state index contributed by atoms with van der Waals surface area (Å²) in [4.78, 5) is 32.8. The second-order valence-corrected chi connectivity index (χ2v) is 8.75. The fraction of sp³-hybridized carbons (Fsp3) is 0.500. The maximum atomic E-state index is 12.7. The largest absolute Gasteiger partial charge is 0.493 e. The lowest BCUT2D eigenvalue weighted by Crippen LogP contribution is -2.39. The van der Waals surface area contributed by atoms with Gasteiger partial charge in [0.05, 0.1) is 26.0 Å². The quantitative estimate of drug-likeness (QED) is 0.652. The zero-order chi connectivity index (χ0) is 22.0. The maximum absolute atomic E-state index is 12.7. The molecule has 2 aliphatic heterocycles. The highest BCUT2D eigenvalue weighted by atomic mass is 32.1. The van der Waals surface area contributed by atoms with Gasteiger partial charge in [0.15, 0.2) is 16.6 Å². The predicted octanol–water partition coefficient (Wildman–Crippen LogP) is 2.61. The number of carbonyl (C=O) groups excluding carboxylic acids is 2. The van der Waals surface area contributed by atoms with Crippen molar-refractivity contribution in [3.8, 4) is 11.5 Å². The zero-order valence-electron chi connectivity index (χ0n) is 18.0. The summed E-state index contributed by atoms with van der Waals surface area (Å²) in [7, 11) is 3.30. The minimum absolute atomic E-state index is 0.000738. The molecule has 3 heterocycles. The highest BCUT2D eigenvalue weighted by Crippen LogP contribution is 2.36. The summed E-state index contributed by atoms with van der Waals surface area (Å²) >= 11 is 1.42. The molecule has 0 unspecified atom stereocenters. The molecule has 1 aromatic heterocycles. The Morgan fingerprint density at radius 1 is 1.39 bits per heavy atom. The van der Waals surface area contributed by atoms with Crippen molar-refractivity contribution < 1.29 is 23.8 Å². The Bertz CT molecular complexity index is 956. The van der Waals surface area contributed by atoms with Crippen LogP contribution in [-0.4, -0.2) is 68.3 Å². The molecular formula is C22H27N3O5S. The first-order valence-electron chi connectivity index (χ1n) is 10.3. The average Bonchev–Trinajstić information content (AvgIpc) is 3.50. The van der Waals surface area contributed by atoms with Crippen LogP contribution in [0.15, 0.2) is 23.6 Å². The molecule has 1 aromatic carbocycles. The molecule has 2 amide bonds. The van der Waals surface area contributed by atoms with Crippen molar-refractivity contribution in [1.82, 2.24) is 9.88 Å². The number of benzene rings is 1. The third-order valence-electron chi connectivity index (χ3n) is 5.65. The normalized spacial score (nSPS) is 20.9. The molecular weight excluding hydrogens is 418 g/mol. The van der Waals surface area contributed by atoms with Gasteiger partial charge in [0.25, 0.3) is 0 Å². The number of aromatic nitrogens is 1. The van der Waals surface area contributed by atoms with Gasteiger partial charge in [0, 0.05) is 37.7 Å². The van der Waals surface area contributed by atoms with E-state index in [0.29, 0.717) is 42.8 Å². The van der Waals surface area contributed by atoms with E-state index in [1.54, 1.807) is 19.1 Å². The Kier molecular flexibility index (Phi) is 6.43. The first kappa shape index (κ1) is 21.6. The number of rotatable bonds is 7. The van der Waals surface area contributed by atoms with Crippen LogP contribution >= 0.6 is 11.3 Å². The lowest BCUT2D eigenvalue weighted by molar-refractivity contribution is -0.132. The first-order chi connectivity index (χ1) is 14.9. The number of hydrogen-bond donors (Lipinski definition) is 0. The number of nitrogens with zero attached hydrogens (tertiary/aromatic N) is 3. The van der Waals surface area contributed by atoms with Gasteiger partial charge in [-0.2, -0.15) is 0 Å². The SMILES string of the molecule is COc1ccc([C@@H]2CC(=O)N(CC(=O)N(C)c3nc(C)cs3)C2)cc1O[C@@H]1CCOC1. The van der Waals surface area contributed by atoms with Gasteiger partial charge in [0.1, 0.15) is 12.6 Å². The molecule has 2 atom stereocenters. The number of aryl methyl sites for hydroxylation is 1. The minimum Gasteiger partial charge on any atom is -0.493 e. The van der Waals surface area contributed by atoms with E-state index in [1.165, 1.54) is 16.2 Å². The number of thiazole rings is 1. The van der Waals surface area contributed by atoms with Crippen molar-refractivity contribution in [2.24, 2.45) is 0 Å². The van der Waals surface area contributed by atoms with E-state index >= 15 is 0 Å². The maximum Gasteiger partial charge on any atom is 0.248 e. The Labute approximate surface area is 185 Å². The van der Waals surface area contributed by atoms with Crippen LogP contribution in [0.2, 0.25) is 0 Å². The van der Waals surface area contributed by atoms with Crippen LogP contribution in [0.3, 0.4) is 0 Å². The average molecular weight is 446 g/mol. The highest BCUT2D eigenvalue weighted by molar-refractivity contribution is 7.14. The van der Waals surface area contributed by atoms with Gasteiger partial charge in [-0.05, 0) is 24.6 Å². The number of likely N-dealkylation sites (tertiary alicyclic amines) is 1.